The summed E-state index contributed by atoms with van der Waals surface area (Å²) in [4.78, 5) is 29.7. The minimum Gasteiger partial charge on any atom is -0.332 e. The highest BCUT2D eigenvalue weighted by Crippen LogP contribution is 2.32. The summed E-state index contributed by atoms with van der Waals surface area (Å²) in [7, 11) is 1.59. The van der Waals surface area contributed by atoms with Crippen LogP contribution in [0.25, 0.3) is 0 Å². The Morgan fingerprint density at radius 1 is 1.36 bits per heavy atom. The van der Waals surface area contributed by atoms with Crippen LogP contribution in [-0.4, -0.2) is 35.3 Å². The molecule has 116 valence electrons. The number of carbonyl (C=O) groups excluding carboxylic acids is 2. The number of carbonyl (C=O) groups is 2. The molecule has 2 heterocycles. The van der Waals surface area contributed by atoms with Gasteiger partial charge in [0.15, 0.2) is 0 Å². The van der Waals surface area contributed by atoms with E-state index >= 15 is 0 Å². The Morgan fingerprint density at radius 3 is 2.64 bits per heavy atom. The number of aryl methyl sites for hydroxylation is 1. The summed E-state index contributed by atoms with van der Waals surface area (Å²) in [5.41, 5.74) is 1.54. The molecule has 0 aliphatic heterocycles. The van der Waals surface area contributed by atoms with Crippen LogP contribution in [0, 0.1) is 6.92 Å². The average Bonchev–Trinajstić information content (AvgIpc) is 2.79. The number of anilines is 1. The van der Waals surface area contributed by atoms with Crippen LogP contribution in [0.5, 0.6) is 0 Å². The van der Waals surface area contributed by atoms with Gasteiger partial charge in [-0.2, -0.15) is 0 Å². The van der Waals surface area contributed by atoms with E-state index in [4.69, 9.17) is 0 Å². The lowest BCUT2D eigenvalue weighted by atomic mass is 10.3. The van der Waals surface area contributed by atoms with Gasteiger partial charge in [-0.05, 0) is 56.5 Å². The predicted molar refractivity (Wildman–Crippen MR) is 94.3 cm³/mol. The van der Waals surface area contributed by atoms with Crippen LogP contribution < -0.4 is 5.32 Å². The number of halogens is 2. The highest BCUT2D eigenvalue weighted by Gasteiger charge is 2.19. The number of hydrogen-bond donors (Lipinski definition) is 1. The van der Waals surface area contributed by atoms with E-state index in [1.807, 2.05) is 13.0 Å². The molecule has 8 heteroatoms. The number of hydrogen-bond acceptors (Lipinski definition) is 4. The van der Waals surface area contributed by atoms with Gasteiger partial charge >= 0.3 is 0 Å². The summed E-state index contributed by atoms with van der Waals surface area (Å²) in [5.74, 6) is -0.0469. The van der Waals surface area contributed by atoms with Crippen molar-refractivity contribution >= 4 is 60.8 Å². The number of nitrogens with one attached hydrogen (secondary N) is 1. The average molecular weight is 447 g/mol. The molecule has 0 saturated carbocycles. The standard InChI is InChI=1S/C14H13Br2N3O2S/c1-8-3-4-11(17-6-8)18-12(20)7-19(2)14(21)9-5-10(15)22-13(9)16/h3-6H,7H2,1-2H3,(H,17,18,20). The van der Waals surface area contributed by atoms with Gasteiger partial charge in [-0.1, -0.05) is 6.07 Å². The molecule has 22 heavy (non-hydrogen) atoms. The zero-order chi connectivity index (χ0) is 16.3. The van der Waals surface area contributed by atoms with E-state index in [0.717, 1.165) is 13.1 Å². The van der Waals surface area contributed by atoms with E-state index in [1.54, 1.807) is 25.4 Å². The molecule has 0 aliphatic rings. The Kier molecular flexibility index (Phi) is 5.71. The Hall–Kier alpha value is -1.25. The molecule has 0 spiro atoms. The SMILES string of the molecule is Cc1ccc(NC(=O)CN(C)C(=O)c2cc(Br)sc2Br)nc1. The number of aromatic nitrogens is 1. The van der Waals surface area contributed by atoms with Crippen molar-refractivity contribution in [1.82, 2.24) is 9.88 Å². The minimum atomic E-state index is -0.294. The normalized spacial score (nSPS) is 10.4. The maximum atomic E-state index is 12.3. The number of pyridine rings is 1. The van der Waals surface area contributed by atoms with Crippen LogP contribution in [0.4, 0.5) is 5.82 Å². The third-order valence-electron chi connectivity index (χ3n) is 2.79. The fourth-order valence-corrected chi connectivity index (χ4v) is 4.48. The number of thiophene rings is 1. The van der Waals surface area contributed by atoms with Crippen LogP contribution >= 0.6 is 43.2 Å². The third-order valence-corrected chi connectivity index (χ3v) is 5.13. The summed E-state index contributed by atoms with van der Waals surface area (Å²) in [6.07, 6.45) is 1.67. The Morgan fingerprint density at radius 2 is 2.09 bits per heavy atom. The summed E-state index contributed by atoms with van der Waals surface area (Å²) < 4.78 is 1.58. The fraction of sp³-hybridized carbons (Fsp3) is 0.214. The van der Waals surface area contributed by atoms with Crippen LogP contribution in [0.2, 0.25) is 0 Å². The summed E-state index contributed by atoms with van der Waals surface area (Å²) in [6, 6.07) is 5.31. The summed E-state index contributed by atoms with van der Waals surface area (Å²) in [5, 5.41) is 2.66. The molecule has 2 aromatic heterocycles. The molecule has 2 amide bonds. The van der Waals surface area contributed by atoms with Crippen molar-refractivity contribution in [2.45, 2.75) is 6.92 Å². The van der Waals surface area contributed by atoms with Gasteiger partial charge in [0.2, 0.25) is 5.91 Å². The first-order chi connectivity index (χ1) is 10.4. The number of rotatable bonds is 4. The molecule has 0 fully saturated rings. The molecular weight excluding hydrogens is 434 g/mol. The van der Waals surface area contributed by atoms with Gasteiger partial charge in [-0.3, -0.25) is 9.59 Å². The molecule has 0 atom stereocenters. The van der Waals surface area contributed by atoms with Crippen molar-refractivity contribution in [1.29, 1.82) is 0 Å². The van der Waals surface area contributed by atoms with Crippen molar-refractivity contribution in [2.75, 3.05) is 18.9 Å². The Labute approximate surface area is 149 Å². The highest BCUT2D eigenvalue weighted by molar-refractivity contribution is 9.12. The van der Waals surface area contributed by atoms with Gasteiger partial charge in [0.05, 0.1) is 19.7 Å². The van der Waals surface area contributed by atoms with E-state index in [1.165, 1.54) is 16.2 Å². The second kappa shape index (κ2) is 7.34. The van der Waals surface area contributed by atoms with Crippen molar-refractivity contribution in [3.05, 3.63) is 43.1 Å². The van der Waals surface area contributed by atoms with Gasteiger partial charge in [-0.25, -0.2) is 4.98 Å². The zero-order valence-corrected chi connectivity index (χ0v) is 15.9. The fourth-order valence-electron chi connectivity index (χ4n) is 1.70. The topological polar surface area (TPSA) is 62.3 Å². The van der Waals surface area contributed by atoms with Gasteiger partial charge in [-0.15, -0.1) is 11.3 Å². The van der Waals surface area contributed by atoms with E-state index in [2.05, 4.69) is 42.2 Å². The smallest absolute Gasteiger partial charge is 0.256 e. The second-order valence-electron chi connectivity index (χ2n) is 4.67. The molecule has 0 bridgehead atoms. The first-order valence-corrected chi connectivity index (χ1v) is 8.70. The number of amides is 2. The van der Waals surface area contributed by atoms with Crippen molar-refractivity contribution in [3.8, 4) is 0 Å². The molecule has 0 unspecified atom stereocenters. The van der Waals surface area contributed by atoms with Crippen LogP contribution in [0.15, 0.2) is 32.0 Å². The maximum Gasteiger partial charge on any atom is 0.256 e. The van der Waals surface area contributed by atoms with Gasteiger partial charge in [0, 0.05) is 13.2 Å². The molecule has 1 N–H and O–H groups in total. The Bertz CT molecular complexity index is 701. The van der Waals surface area contributed by atoms with Crippen LogP contribution in [0.3, 0.4) is 0 Å². The first kappa shape index (κ1) is 17.1. The van der Waals surface area contributed by atoms with Crippen molar-refractivity contribution < 1.29 is 9.59 Å². The first-order valence-electron chi connectivity index (χ1n) is 6.29. The quantitative estimate of drug-likeness (QED) is 0.778. The van der Waals surface area contributed by atoms with E-state index in [9.17, 15) is 9.59 Å². The van der Waals surface area contributed by atoms with Gasteiger partial charge in [0.1, 0.15) is 5.82 Å². The Balaban J connectivity index is 1.97. The molecule has 0 aliphatic carbocycles. The molecular formula is C14H13Br2N3O2S. The summed E-state index contributed by atoms with van der Waals surface area (Å²) >= 11 is 8.09. The molecule has 0 saturated heterocycles. The second-order valence-corrected chi connectivity index (χ2v) is 8.42. The van der Waals surface area contributed by atoms with E-state index in [-0.39, 0.29) is 18.4 Å². The summed E-state index contributed by atoms with van der Waals surface area (Å²) in [6.45, 7) is 1.87. The lowest BCUT2D eigenvalue weighted by molar-refractivity contribution is -0.116. The van der Waals surface area contributed by atoms with Crippen LogP contribution in [0.1, 0.15) is 15.9 Å². The van der Waals surface area contributed by atoms with Crippen molar-refractivity contribution in [2.24, 2.45) is 0 Å². The maximum absolute atomic E-state index is 12.3. The monoisotopic (exact) mass is 445 g/mol. The van der Waals surface area contributed by atoms with Gasteiger partial charge in [0.25, 0.3) is 5.91 Å². The molecule has 0 aromatic carbocycles. The third kappa shape index (κ3) is 4.37. The molecule has 5 nitrogen and oxygen atoms in total. The van der Waals surface area contributed by atoms with Gasteiger partial charge < -0.3 is 10.2 Å². The van der Waals surface area contributed by atoms with Crippen molar-refractivity contribution in [3.63, 3.8) is 0 Å². The van der Waals surface area contributed by atoms with E-state index < -0.39 is 0 Å². The zero-order valence-electron chi connectivity index (χ0n) is 11.9. The lowest BCUT2D eigenvalue weighted by Crippen LogP contribution is -2.35. The molecule has 0 radical (unpaired) electrons. The lowest BCUT2D eigenvalue weighted by Gasteiger charge is -2.16. The highest BCUT2D eigenvalue weighted by atomic mass is 79.9. The predicted octanol–water partition coefficient (Wildman–Crippen LogP) is 3.69. The minimum absolute atomic E-state index is 0.0473. The molecule has 2 aromatic rings. The number of nitrogens with zero attached hydrogens (tertiary/aromatic N) is 2. The molecule has 2 rings (SSSR count). The number of likely N-dealkylation sites (N-methyl/N-ethyl adjacent to an activating group) is 1. The van der Waals surface area contributed by atoms with Crippen LogP contribution in [-0.2, 0) is 4.79 Å². The largest absolute Gasteiger partial charge is 0.332 e. The van der Waals surface area contributed by atoms with E-state index in [0.29, 0.717) is 11.4 Å².